The summed E-state index contributed by atoms with van der Waals surface area (Å²) in [6.45, 7) is 0. The molecule has 0 N–H and O–H groups in total. The molecule has 0 aliphatic rings. The number of hydrogen-bond acceptors (Lipinski definition) is 3. The van der Waals surface area contributed by atoms with Gasteiger partial charge in [-0.1, -0.05) is 146 Å². The third-order valence-corrected chi connectivity index (χ3v) is 10.1. The number of pyridine rings is 1. The zero-order valence-corrected chi connectivity index (χ0v) is 28.3. The molecule has 0 unspecified atom stereocenters. The summed E-state index contributed by atoms with van der Waals surface area (Å²) < 4.78 is 6.39. The van der Waals surface area contributed by atoms with Gasteiger partial charge in [-0.3, -0.25) is 0 Å². The van der Waals surface area contributed by atoms with Crippen molar-refractivity contribution in [2.45, 2.75) is 0 Å². The minimum atomic E-state index is 0.904. The first-order valence-corrected chi connectivity index (χ1v) is 17.6. The van der Waals surface area contributed by atoms with Gasteiger partial charge in [-0.25, -0.2) is 4.98 Å². The van der Waals surface area contributed by atoms with Gasteiger partial charge in [0.1, 0.15) is 11.2 Å². The number of benzene rings is 8. The summed E-state index contributed by atoms with van der Waals surface area (Å²) in [5, 5.41) is 5.80. The molecule has 0 aliphatic heterocycles. The minimum Gasteiger partial charge on any atom is -0.455 e. The van der Waals surface area contributed by atoms with Crippen molar-refractivity contribution in [3.05, 3.63) is 194 Å². The Kier molecular flexibility index (Phi) is 7.14. The largest absolute Gasteiger partial charge is 0.455 e. The second-order valence-electron chi connectivity index (χ2n) is 13.1. The van der Waals surface area contributed by atoms with E-state index >= 15 is 0 Å². The molecular weight excluding hydrogens is 633 g/mol. The number of anilines is 3. The molecule has 3 heteroatoms. The third kappa shape index (κ3) is 5.10. The Bertz CT molecular complexity index is 2890. The van der Waals surface area contributed by atoms with Crippen LogP contribution in [0.4, 0.5) is 17.1 Å². The maximum Gasteiger partial charge on any atom is 0.143 e. The number of hydrogen-bond donors (Lipinski definition) is 0. The first kappa shape index (κ1) is 29.9. The van der Waals surface area contributed by atoms with E-state index in [2.05, 4.69) is 187 Å². The number of para-hydroxylation sites is 3. The average Bonchev–Trinajstić information content (AvgIpc) is 3.61. The molecule has 0 spiro atoms. The zero-order chi connectivity index (χ0) is 34.4. The van der Waals surface area contributed by atoms with Gasteiger partial charge < -0.3 is 9.32 Å². The van der Waals surface area contributed by atoms with Gasteiger partial charge in [-0.15, -0.1) is 0 Å². The highest BCUT2D eigenvalue weighted by molar-refractivity contribution is 6.11. The van der Waals surface area contributed by atoms with Crippen LogP contribution < -0.4 is 4.90 Å². The van der Waals surface area contributed by atoms with Crippen LogP contribution in [0.5, 0.6) is 0 Å². The Morgan fingerprint density at radius 3 is 1.75 bits per heavy atom. The Hall–Kier alpha value is -6.97. The highest BCUT2D eigenvalue weighted by Crippen LogP contribution is 2.41. The minimum absolute atomic E-state index is 0.904. The van der Waals surface area contributed by atoms with E-state index in [4.69, 9.17) is 9.40 Å². The summed E-state index contributed by atoms with van der Waals surface area (Å²) in [6, 6.07) is 68.5. The molecule has 0 bridgehead atoms. The van der Waals surface area contributed by atoms with Gasteiger partial charge in [0.15, 0.2) is 0 Å². The Balaban J connectivity index is 1.09. The van der Waals surface area contributed by atoms with Gasteiger partial charge >= 0.3 is 0 Å². The van der Waals surface area contributed by atoms with Crippen LogP contribution in [-0.2, 0) is 0 Å². The molecular formula is C49H32N2O. The fourth-order valence-electron chi connectivity index (χ4n) is 7.56. The summed E-state index contributed by atoms with van der Waals surface area (Å²) in [5.41, 5.74) is 12.6. The Morgan fingerprint density at radius 2 is 0.962 bits per heavy atom. The lowest BCUT2D eigenvalue weighted by molar-refractivity contribution is 0.670. The standard InChI is InChI=1S/C49H32N2O/c1-2-12-33(13-3-1)36-14-10-15-39(32-36)51(37-28-24-34(25-29-37)40-20-11-21-45-43-18-7-9-23-47(43)52-49(40)45)38-30-26-35(27-31-38)48-44-19-5-4-16-41(44)42-17-6-8-22-46(42)50-48/h1-32H. The van der Waals surface area contributed by atoms with Crippen LogP contribution in [0.2, 0.25) is 0 Å². The van der Waals surface area contributed by atoms with Crippen LogP contribution in [0.3, 0.4) is 0 Å². The highest BCUT2D eigenvalue weighted by atomic mass is 16.3. The molecule has 2 aromatic heterocycles. The van der Waals surface area contributed by atoms with Crippen LogP contribution in [0.15, 0.2) is 199 Å². The van der Waals surface area contributed by atoms with Crippen molar-refractivity contribution < 1.29 is 4.42 Å². The molecule has 10 rings (SSSR count). The first-order valence-electron chi connectivity index (χ1n) is 17.6. The lowest BCUT2D eigenvalue weighted by Gasteiger charge is -2.26. The summed E-state index contributed by atoms with van der Waals surface area (Å²) in [7, 11) is 0. The van der Waals surface area contributed by atoms with Gasteiger partial charge in [-0.2, -0.15) is 0 Å². The van der Waals surface area contributed by atoms with Crippen LogP contribution >= 0.6 is 0 Å². The molecule has 0 radical (unpaired) electrons. The van der Waals surface area contributed by atoms with Gasteiger partial charge in [-0.05, 0) is 70.6 Å². The van der Waals surface area contributed by atoms with Crippen LogP contribution in [-0.4, -0.2) is 4.98 Å². The molecule has 52 heavy (non-hydrogen) atoms. The lowest BCUT2D eigenvalue weighted by atomic mass is 9.99. The van der Waals surface area contributed by atoms with Crippen molar-refractivity contribution in [1.29, 1.82) is 0 Å². The summed E-state index contributed by atoms with van der Waals surface area (Å²) in [6.07, 6.45) is 0. The SMILES string of the molecule is c1ccc(-c2cccc(N(c3ccc(-c4nc5ccccc5c5ccccc45)cc3)c3ccc(-c4cccc5c4oc4ccccc45)cc3)c2)cc1. The van der Waals surface area contributed by atoms with Crippen LogP contribution in [0.25, 0.3) is 77.1 Å². The number of fused-ring (bicyclic) bond motifs is 6. The first-order chi connectivity index (χ1) is 25.8. The maximum atomic E-state index is 6.39. The molecule has 0 saturated heterocycles. The molecule has 0 fully saturated rings. The Labute approximate surface area is 301 Å². The Morgan fingerprint density at radius 1 is 0.365 bits per heavy atom. The van der Waals surface area contributed by atoms with Crippen molar-refractivity contribution in [2.24, 2.45) is 0 Å². The van der Waals surface area contributed by atoms with Gasteiger partial charge in [0.05, 0.1) is 11.2 Å². The number of furan rings is 1. The van der Waals surface area contributed by atoms with Crippen molar-refractivity contribution in [3.8, 4) is 33.5 Å². The van der Waals surface area contributed by atoms with Gasteiger partial charge in [0.25, 0.3) is 0 Å². The average molecular weight is 665 g/mol. The predicted molar refractivity (Wildman–Crippen MR) is 218 cm³/mol. The van der Waals surface area contributed by atoms with Crippen molar-refractivity contribution in [2.75, 3.05) is 4.90 Å². The van der Waals surface area contributed by atoms with E-state index in [9.17, 15) is 0 Å². The third-order valence-electron chi connectivity index (χ3n) is 10.1. The fraction of sp³-hybridized carbons (Fsp3) is 0. The van der Waals surface area contributed by atoms with Crippen LogP contribution in [0, 0.1) is 0 Å². The van der Waals surface area contributed by atoms with E-state index in [1.165, 1.54) is 21.9 Å². The van der Waals surface area contributed by atoms with Crippen molar-refractivity contribution >= 4 is 60.7 Å². The van der Waals surface area contributed by atoms with E-state index in [-0.39, 0.29) is 0 Å². The second-order valence-corrected chi connectivity index (χ2v) is 13.1. The molecule has 10 aromatic rings. The molecule has 8 aromatic carbocycles. The quantitative estimate of drug-likeness (QED) is 0.166. The topological polar surface area (TPSA) is 29.3 Å². The summed E-state index contributed by atoms with van der Waals surface area (Å²) in [4.78, 5) is 7.49. The van der Waals surface area contributed by atoms with E-state index in [1.54, 1.807) is 0 Å². The monoisotopic (exact) mass is 664 g/mol. The molecule has 0 amide bonds. The molecule has 244 valence electrons. The summed E-state index contributed by atoms with van der Waals surface area (Å²) in [5.74, 6) is 0. The molecule has 0 atom stereocenters. The van der Waals surface area contributed by atoms with Gasteiger partial charge in [0, 0.05) is 49.7 Å². The van der Waals surface area contributed by atoms with E-state index in [0.29, 0.717) is 0 Å². The number of nitrogens with zero attached hydrogens (tertiary/aromatic N) is 2. The second kappa shape index (κ2) is 12.4. The normalized spacial score (nSPS) is 11.5. The zero-order valence-electron chi connectivity index (χ0n) is 28.3. The van der Waals surface area contributed by atoms with Gasteiger partial charge in [0.2, 0.25) is 0 Å². The van der Waals surface area contributed by atoms with E-state index in [0.717, 1.165) is 72.3 Å². The summed E-state index contributed by atoms with van der Waals surface area (Å²) >= 11 is 0. The smallest absolute Gasteiger partial charge is 0.143 e. The van der Waals surface area contributed by atoms with Crippen molar-refractivity contribution in [3.63, 3.8) is 0 Å². The molecule has 3 nitrogen and oxygen atoms in total. The van der Waals surface area contributed by atoms with E-state index < -0.39 is 0 Å². The van der Waals surface area contributed by atoms with Crippen LogP contribution in [0.1, 0.15) is 0 Å². The lowest BCUT2D eigenvalue weighted by Crippen LogP contribution is -2.10. The van der Waals surface area contributed by atoms with E-state index in [1.807, 2.05) is 12.1 Å². The number of rotatable bonds is 6. The number of aromatic nitrogens is 1. The maximum absolute atomic E-state index is 6.39. The molecule has 0 aliphatic carbocycles. The molecule has 2 heterocycles. The molecule has 0 saturated carbocycles. The highest BCUT2D eigenvalue weighted by Gasteiger charge is 2.17. The fourth-order valence-corrected chi connectivity index (χ4v) is 7.56. The predicted octanol–water partition coefficient (Wildman–Crippen LogP) is 13.8. The van der Waals surface area contributed by atoms with Crippen molar-refractivity contribution in [1.82, 2.24) is 4.98 Å².